The van der Waals surface area contributed by atoms with Gasteiger partial charge in [0, 0.05) is 6.42 Å². The number of rotatable bonds is 5. The molecule has 1 unspecified atom stereocenters. The topological polar surface area (TPSA) is 56.8 Å². The Morgan fingerprint density at radius 3 is 2.24 bits per heavy atom. The summed E-state index contributed by atoms with van der Waals surface area (Å²) in [5.74, 6) is 1.38. The van der Waals surface area contributed by atoms with Gasteiger partial charge in [-0.3, -0.25) is 0 Å². The molecule has 0 bridgehead atoms. The van der Waals surface area contributed by atoms with Crippen LogP contribution >= 0.6 is 0 Å². The van der Waals surface area contributed by atoms with Crippen LogP contribution in [0.1, 0.15) is 31.7 Å². The van der Waals surface area contributed by atoms with Crippen molar-refractivity contribution >= 4 is 0 Å². The highest BCUT2D eigenvalue weighted by Gasteiger charge is 2.15. The van der Waals surface area contributed by atoms with Gasteiger partial charge < -0.3 is 4.74 Å². The van der Waals surface area contributed by atoms with Crippen molar-refractivity contribution in [2.75, 3.05) is 6.61 Å². The Balaban J connectivity index is 2.78. The van der Waals surface area contributed by atoms with E-state index in [1.165, 1.54) is 0 Å². The molecule has 17 heavy (non-hydrogen) atoms. The fourth-order valence-corrected chi connectivity index (χ4v) is 1.76. The van der Waals surface area contributed by atoms with Crippen LogP contribution in [0.3, 0.4) is 0 Å². The normalized spacial score (nSPS) is 11.6. The van der Waals surface area contributed by atoms with E-state index in [4.69, 9.17) is 15.3 Å². The maximum atomic E-state index is 8.81. The Labute approximate surface area is 102 Å². The van der Waals surface area contributed by atoms with Crippen LogP contribution in [0.15, 0.2) is 24.3 Å². The maximum absolute atomic E-state index is 8.81. The molecule has 88 valence electrons. The summed E-state index contributed by atoms with van der Waals surface area (Å²) in [6, 6.07) is 11.8. The van der Waals surface area contributed by atoms with Crippen molar-refractivity contribution in [2.24, 2.45) is 5.92 Å². The third-order valence-electron chi connectivity index (χ3n) is 2.73. The minimum atomic E-state index is 0.0607. The SMILES string of the molecule is CC(C)C(CC#N)c1ccc(OCC#N)cc1. The second-order valence-corrected chi connectivity index (χ2v) is 4.23. The summed E-state index contributed by atoms with van der Waals surface area (Å²) in [5, 5.41) is 17.2. The zero-order valence-corrected chi connectivity index (χ0v) is 10.2. The molecule has 0 fully saturated rings. The molecule has 0 amide bonds. The van der Waals surface area contributed by atoms with E-state index in [1.807, 2.05) is 30.3 Å². The van der Waals surface area contributed by atoms with Gasteiger partial charge in [0.25, 0.3) is 0 Å². The number of hydrogen-bond donors (Lipinski definition) is 0. The number of ether oxygens (including phenoxy) is 1. The molecule has 0 aromatic heterocycles. The molecule has 0 saturated heterocycles. The van der Waals surface area contributed by atoms with Gasteiger partial charge >= 0.3 is 0 Å². The summed E-state index contributed by atoms with van der Waals surface area (Å²) in [6.45, 7) is 4.29. The van der Waals surface area contributed by atoms with E-state index in [0.29, 0.717) is 18.1 Å². The molecule has 0 aliphatic rings. The third kappa shape index (κ3) is 3.81. The first-order valence-corrected chi connectivity index (χ1v) is 5.65. The minimum Gasteiger partial charge on any atom is -0.479 e. The molecule has 0 spiro atoms. The fourth-order valence-electron chi connectivity index (χ4n) is 1.76. The Morgan fingerprint density at radius 1 is 1.12 bits per heavy atom. The van der Waals surface area contributed by atoms with Crippen LogP contribution < -0.4 is 4.74 Å². The van der Waals surface area contributed by atoms with Gasteiger partial charge in [0.15, 0.2) is 6.61 Å². The monoisotopic (exact) mass is 228 g/mol. The van der Waals surface area contributed by atoms with Crippen LogP contribution in [0.5, 0.6) is 5.75 Å². The lowest BCUT2D eigenvalue weighted by Crippen LogP contribution is -2.06. The highest BCUT2D eigenvalue weighted by atomic mass is 16.5. The Hall–Kier alpha value is -2.00. The van der Waals surface area contributed by atoms with Crippen molar-refractivity contribution in [2.45, 2.75) is 26.2 Å². The third-order valence-corrected chi connectivity index (χ3v) is 2.73. The zero-order valence-electron chi connectivity index (χ0n) is 10.2. The van der Waals surface area contributed by atoms with E-state index in [0.717, 1.165) is 5.56 Å². The van der Waals surface area contributed by atoms with Crippen molar-refractivity contribution in [3.05, 3.63) is 29.8 Å². The average Bonchev–Trinajstić information content (AvgIpc) is 2.34. The summed E-state index contributed by atoms with van der Waals surface area (Å²) >= 11 is 0. The van der Waals surface area contributed by atoms with Crippen molar-refractivity contribution in [3.63, 3.8) is 0 Å². The molecule has 1 rings (SSSR count). The predicted molar refractivity (Wildman–Crippen MR) is 65.4 cm³/mol. The number of hydrogen-bond acceptors (Lipinski definition) is 3. The molecular formula is C14H16N2O. The summed E-state index contributed by atoms with van der Waals surface area (Å²) in [6.07, 6.45) is 0.524. The van der Waals surface area contributed by atoms with Gasteiger partial charge in [-0.2, -0.15) is 10.5 Å². The lowest BCUT2D eigenvalue weighted by Gasteiger charge is -2.18. The molecule has 0 saturated carbocycles. The average molecular weight is 228 g/mol. The summed E-state index contributed by atoms with van der Waals surface area (Å²) in [4.78, 5) is 0. The lowest BCUT2D eigenvalue weighted by atomic mass is 9.86. The van der Waals surface area contributed by atoms with E-state index in [1.54, 1.807) is 0 Å². The van der Waals surface area contributed by atoms with Crippen molar-refractivity contribution in [3.8, 4) is 17.9 Å². The summed E-state index contributed by atoms with van der Waals surface area (Å²) in [7, 11) is 0. The zero-order chi connectivity index (χ0) is 12.7. The molecule has 0 radical (unpaired) electrons. The molecule has 0 aliphatic carbocycles. The van der Waals surface area contributed by atoms with Crippen LogP contribution in [0.25, 0.3) is 0 Å². The summed E-state index contributed by atoms with van der Waals surface area (Å²) in [5.41, 5.74) is 1.14. The molecule has 3 nitrogen and oxygen atoms in total. The summed E-state index contributed by atoms with van der Waals surface area (Å²) < 4.78 is 5.18. The second kappa shape index (κ2) is 6.55. The van der Waals surface area contributed by atoms with Crippen LogP contribution in [-0.4, -0.2) is 6.61 Å². The second-order valence-electron chi connectivity index (χ2n) is 4.23. The number of nitrogens with zero attached hydrogens (tertiary/aromatic N) is 2. The van der Waals surface area contributed by atoms with Gasteiger partial charge in [0.2, 0.25) is 0 Å². The predicted octanol–water partition coefficient (Wildman–Crippen LogP) is 3.24. The molecule has 1 aromatic carbocycles. The lowest BCUT2D eigenvalue weighted by molar-refractivity contribution is 0.367. The van der Waals surface area contributed by atoms with E-state index in [9.17, 15) is 0 Å². The Bertz CT molecular complexity index is 423. The van der Waals surface area contributed by atoms with Crippen LogP contribution in [0.2, 0.25) is 0 Å². The molecule has 1 aromatic rings. The number of benzene rings is 1. The molecule has 0 N–H and O–H groups in total. The van der Waals surface area contributed by atoms with Crippen molar-refractivity contribution in [1.29, 1.82) is 10.5 Å². The highest BCUT2D eigenvalue weighted by molar-refractivity contribution is 5.30. The maximum Gasteiger partial charge on any atom is 0.174 e. The van der Waals surface area contributed by atoms with Crippen LogP contribution in [-0.2, 0) is 0 Å². The largest absolute Gasteiger partial charge is 0.479 e. The Kier molecular flexibility index (Phi) is 5.04. The van der Waals surface area contributed by atoms with Crippen LogP contribution in [0.4, 0.5) is 0 Å². The molecule has 0 aliphatic heterocycles. The quantitative estimate of drug-likeness (QED) is 0.777. The Morgan fingerprint density at radius 2 is 1.76 bits per heavy atom. The molecule has 0 heterocycles. The van der Waals surface area contributed by atoms with E-state index >= 15 is 0 Å². The van der Waals surface area contributed by atoms with Gasteiger partial charge in [-0.1, -0.05) is 26.0 Å². The van der Waals surface area contributed by atoms with Gasteiger partial charge in [0.05, 0.1) is 6.07 Å². The van der Waals surface area contributed by atoms with Gasteiger partial charge in [-0.15, -0.1) is 0 Å². The first kappa shape index (κ1) is 13.1. The number of nitriles is 2. The minimum absolute atomic E-state index is 0.0607. The van der Waals surface area contributed by atoms with Crippen molar-refractivity contribution < 1.29 is 4.74 Å². The molecule has 1 atom stereocenters. The smallest absolute Gasteiger partial charge is 0.174 e. The van der Waals surface area contributed by atoms with Gasteiger partial charge in [-0.05, 0) is 29.5 Å². The van der Waals surface area contributed by atoms with Crippen LogP contribution in [0, 0.1) is 28.6 Å². The van der Waals surface area contributed by atoms with E-state index in [-0.39, 0.29) is 12.5 Å². The molecular weight excluding hydrogens is 212 g/mol. The first-order chi connectivity index (χ1) is 8.19. The van der Waals surface area contributed by atoms with E-state index < -0.39 is 0 Å². The first-order valence-electron chi connectivity index (χ1n) is 5.65. The van der Waals surface area contributed by atoms with Crippen molar-refractivity contribution in [1.82, 2.24) is 0 Å². The molecule has 3 heteroatoms. The van der Waals surface area contributed by atoms with E-state index in [2.05, 4.69) is 19.9 Å². The highest BCUT2D eigenvalue weighted by Crippen LogP contribution is 2.28. The van der Waals surface area contributed by atoms with Gasteiger partial charge in [0.1, 0.15) is 11.8 Å². The van der Waals surface area contributed by atoms with Gasteiger partial charge in [-0.25, -0.2) is 0 Å². The standard InChI is InChI=1S/C14H16N2O/c1-11(2)14(7-8-15)12-3-5-13(6-4-12)17-10-9-16/h3-6,11,14H,7,10H2,1-2H3. The fraction of sp³-hybridized carbons (Fsp3) is 0.429.